The number of likely N-dealkylation sites (tertiary alicyclic amines) is 1. The van der Waals surface area contributed by atoms with Crippen molar-refractivity contribution in [2.45, 2.75) is 90.7 Å². The second kappa shape index (κ2) is 12.8. The molecule has 6 rings (SSSR count). The molecule has 3 aromatic heterocycles. The molecular weight excluding hydrogens is 617 g/mol. The van der Waals surface area contributed by atoms with E-state index in [2.05, 4.69) is 15.3 Å². The first kappa shape index (κ1) is 31.6. The number of nitrogens with zero attached hydrogens (tertiary/aromatic N) is 7. The molecular formula is C32H39Cl2N7O4. The zero-order chi connectivity index (χ0) is 31.9. The number of piperidine rings is 1. The third-order valence-electron chi connectivity index (χ3n) is 8.33. The van der Waals surface area contributed by atoms with Gasteiger partial charge in [0.25, 0.3) is 0 Å². The molecule has 1 amide bonds. The Hall–Kier alpha value is -3.41. The van der Waals surface area contributed by atoms with Crippen LogP contribution in [0.1, 0.15) is 89.4 Å². The van der Waals surface area contributed by atoms with Gasteiger partial charge in [-0.3, -0.25) is 4.98 Å². The van der Waals surface area contributed by atoms with Gasteiger partial charge in [0.15, 0.2) is 6.23 Å². The number of hydrogen-bond donors (Lipinski definition) is 0. The molecule has 0 N–H and O–H groups in total. The van der Waals surface area contributed by atoms with Crippen LogP contribution in [0.5, 0.6) is 5.75 Å². The van der Waals surface area contributed by atoms with Crippen molar-refractivity contribution in [2.75, 3.05) is 19.7 Å². The number of benzene rings is 1. The average molecular weight is 657 g/mol. The van der Waals surface area contributed by atoms with Gasteiger partial charge < -0.3 is 19.1 Å². The summed E-state index contributed by atoms with van der Waals surface area (Å²) in [7, 11) is 0. The van der Waals surface area contributed by atoms with Crippen LogP contribution in [0.2, 0.25) is 10.0 Å². The first-order chi connectivity index (χ1) is 21.5. The predicted octanol–water partition coefficient (Wildman–Crippen LogP) is 7.72. The Morgan fingerprint density at radius 2 is 1.78 bits per heavy atom. The number of ether oxygens (including phenoxy) is 3. The number of carbonyl (C=O) groups is 1. The maximum atomic E-state index is 12.6. The summed E-state index contributed by atoms with van der Waals surface area (Å²) in [5.74, 6) is 0.642. The highest BCUT2D eigenvalue weighted by atomic mass is 35.5. The van der Waals surface area contributed by atoms with Crippen molar-refractivity contribution in [3.05, 3.63) is 51.9 Å². The van der Waals surface area contributed by atoms with Crippen LogP contribution in [0.15, 0.2) is 30.6 Å². The maximum Gasteiger partial charge on any atom is 0.410 e. The van der Waals surface area contributed by atoms with Crippen LogP contribution in [0.4, 0.5) is 4.79 Å². The second-order valence-corrected chi connectivity index (χ2v) is 13.6. The number of carbonyl (C=O) groups excluding carboxylic acids is 1. The molecule has 2 aliphatic rings. The molecule has 11 nitrogen and oxygen atoms in total. The quantitative estimate of drug-likeness (QED) is 0.208. The van der Waals surface area contributed by atoms with Crippen LogP contribution >= 0.6 is 23.2 Å². The van der Waals surface area contributed by atoms with E-state index in [-0.39, 0.29) is 18.4 Å². The van der Waals surface area contributed by atoms with Gasteiger partial charge in [0.05, 0.1) is 27.3 Å². The summed E-state index contributed by atoms with van der Waals surface area (Å²) in [4.78, 5) is 18.4. The summed E-state index contributed by atoms with van der Waals surface area (Å²) in [5, 5.41) is 16.1. The first-order valence-corrected chi connectivity index (χ1v) is 16.2. The average Bonchev–Trinajstić information content (AvgIpc) is 3.56. The van der Waals surface area contributed by atoms with Gasteiger partial charge in [-0.25, -0.2) is 14.2 Å². The Morgan fingerprint density at radius 3 is 2.44 bits per heavy atom. The van der Waals surface area contributed by atoms with Gasteiger partial charge in [0.1, 0.15) is 28.8 Å². The number of pyridine rings is 1. The first-order valence-electron chi connectivity index (χ1n) is 15.5. The SMILES string of the molecule is Cc1c(-c2nn(C3CCCCO3)c3ccc(O[C@H](C)c4c(Cl)cncc4Cl)cc23)nnn1C1CCN(C(=O)OC(C)(C)C)CC1. The molecule has 2 saturated heterocycles. The van der Waals surface area contributed by atoms with Crippen molar-refractivity contribution in [3.63, 3.8) is 0 Å². The molecule has 0 radical (unpaired) electrons. The molecule has 240 valence electrons. The van der Waals surface area contributed by atoms with E-state index in [0.29, 0.717) is 52.4 Å². The number of halogens is 2. The van der Waals surface area contributed by atoms with Gasteiger partial charge in [0, 0.05) is 43.0 Å². The maximum absolute atomic E-state index is 12.6. The molecule has 0 saturated carbocycles. The van der Waals surface area contributed by atoms with Gasteiger partial charge in [-0.15, -0.1) is 5.10 Å². The van der Waals surface area contributed by atoms with Crippen molar-refractivity contribution in [3.8, 4) is 17.1 Å². The minimum atomic E-state index is -0.526. The van der Waals surface area contributed by atoms with Crippen molar-refractivity contribution in [1.29, 1.82) is 0 Å². The summed E-state index contributed by atoms with van der Waals surface area (Å²) in [6.07, 6.45) is 6.77. The highest BCUT2D eigenvalue weighted by molar-refractivity contribution is 6.35. The van der Waals surface area contributed by atoms with Gasteiger partial charge in [-0.05, 0) is 84.9 Å². The molecule has 2 atom stereocenters. The van der Waals surface area contributed by atoms with Crippen LogP contribution in [0.25, 0.3) is 22.3 Å². The summed E-state index contributed by atoms with van der Waals surface area (Å²) >= 11 is 12.8. The number of hydrogen-bond acceptors (Lipinski definition) is 8. The van der Waals surface area contributed by atoms with E-state index >= 15 is 0 Å². The van der Waals surface area contributed by atoms with Crippen LogP contribution < -0.4 is 4.74 Å². The van der Waals surface area contributed by atoms with Gasteiger partial charge >= 0.3 is 6.09 Å². The lowest BCUT2D eigenvalue weighted by atomic mass is 10.0. The van der Waals surface area contributed by atoms with Gasteiger partial charge in [-0.1, -0.05) is 28.4 Å². The molecule has 1 unspecified atom stereocenters. The molecule has 0 spiro atoms. The Balaban J connectivity index is 1.30. The van der Waals surface area contributed by atoms with Crippen LogP contribution in [-0.4, -0.2) is 66.0 Å². The Morgan fingerprint density at radius 1 is 1.04 bits per heavy atom. The van der Waals surface area contributed by atoms with E-state index in [4.69, 9.17) is 42.5 Å². The van der Waals surface area contributed by atoms with E-state index in [1.165, 1.54) is 0 Å². The number of rotatable bonds is 6. The lowest BCUT2D eigenvalue weighted by molar-refractivity contribution is -0.0365. The van der Waals surface area contributed by atoms with E-state index in [1.54, 1.807) is 17.3 Å². The van der Waals surface area contributed by atoms with Crippen molar-refractivity contribution in [1.82, 2.24) is 34.7 Å². The lowest BCUT2D eigenvalue weighted by Gasteiger charge is -2.33. The third kappa shape index (κ3) is 6.62. The molecule has 4 aromatic rings. The fourth-order valence-corrected chi connectivity index (χ4v) is 6.78. The predicted molar refractivity (Wildman–Crippen MR) is 172 cm³/mol. The van der Waals surface area contributed by atoms with Crippen molar-refractivity contribution >= 4 is 40.2 Å². The minimum absolute atomic E-state index is 0.106. The van der Waals surface area contributed by atoms with Crippen molar-refractivity contribution in [2.24, 2.45) is 0 Å². The molecule has 5 heterocycles. The minimum Gasteiger partial charge on any atom is -0.486 e. The molecule has 2 fully saturated rings. The normalized spacial score (nSPS) is 18.7. The summed E-state index contributed by atoms with van der Waals surface area (Å²) in [6, 6.07) is 6.02. The standard InChI is InChI=1S/C32H39Cl2N7O4/c1-19-29(36-38-40(19)21-11-13-39(14-12-21)31(42)45-32(3,4)5)30-23-16-22(44-20(2)28-24(33)17-35-18-25(28)34)9-10-26(23)41(37-30)27-8-6-7-15-43-27/h9-10,16-18,20-21,27H,6-8,11-15H2,1-5H3/t20-,27?/m1/s1. The molecule has 45 heavy (non-hydrogen) atoms. The van der Waals surface area contributed by atoms with Crippen molar-refractivity contribution < 1.29 is 19.0 Å². The zero-order valence-electron chi connectivity index (χ0n) is 26.3. The van der Waals surface area contributed by atoms with Gasteiger partial charge in [0.2, 0.25) is 0 Å². The highest BCUT2D eigenvalue weighted by Crippen LogP contribution is 2.38. The van der Waals surface area contributed by atoms with E-state index in [9.17, 15) is 4.79 Å². The summed E-state index contributed by atoms with van der Waals surface area (Å²) < 4.78 is 22.0. The lowest BCUT2D eigenvalue weighted by Crippen LogP contribution is -2.42. The largest absolute Gasteiger partial charge is 0.486 e. The van der Waals surface area contributed by atoms with Gasteiger partial charge in [-0.2, -0.15) is 5.10 Å². The third-order valence-corrected chi connectivity index (χ3v) is 8.93. The number of fused-ring (bicyclic) bond motifs is 1. The summed E-state index contributed by atoms with van der Waals surface area (Å²) in [5.41, 5.74) is 3.41. The van der Waals surface area contributed by atoms with Crippen LogP contribution in [0.3, 0.4) is 0 Å². The zero-order valence-corrected chi connectivity index (χ0v) is 27.8. The smallest absolute Gasteiger partial charge is 0.410 e. The van der Waals surface area contributed by atoms with E-state index < -0.39 is 11.7 Å². The number of amides is 1. The topological polar surface area (TPSA) is 109 Å². The molecule has 1 aromatic carbocycles. The second-order valence-electron chi connectivity index (χ2n) is 12.7. The van der Waals surface area contributed by atoms with E-state index in [0.717, 1.165) is 48.7 Å². The summed E-state index contributed by atoms with van der Waals surface area (Å²) in [6.45, 7) is 11.4. The Bertz CT molecular complexity index is 1660. The highest BCUT2D eigenvalue weighted by Gasteiger charge is 2.31. The van der Waals surface area contributed by atoms with Crippen LogP contribution in [-0.2, 0) is 9.47 Å². The Labute approximate surface area is 272 Å². The fraction of sp³-hybridized carbons (Fsp3) is 0.531. The monoisotopic (exact) mass is 655 g/mol. The molecule has 2 aliphatic heterocycles. The molecule has 0 bridgehead atoms. The van der Waals surface area contributed by atoms with E-state index in [1.807, 2.05) is 62.2 Å². The molecule has 13 heteroatoms. The number of aromatic nitrogens is 6. The molecule has 0 aliphatic carbocycles. The fourth-order valence-electron chi connectivity index (χ4n) is 6.10. The van der Waals surface area contributed by atoms with Crippen LogP contribution in [0, 0.1) is 6.92 Å². The Kier molecular flexibility index (Phi) is 8.96.